The van der Waals surface area contributed by atoms with Gasteiger partial charge in [-0.25, -0.2) is 0 Å². The molecular formula is C21H24N2O5S. The van der Waals surface area contributed by atoms with Crippen molar-refractivity contribution in [1.29, 1.82) is 0 Å². The van der Waals surface area contributed by atoms with Crippen LogP contribution < -0.4 is 10.1 Å². The number of carbonyl (C=O) groups excluding carboxylic acids is 3. The number of esters is 1. The van der Waals surface area contributed by atoms with Gasteiger partial charge in [0.1, 0.15) is 5.75 Å². The zero-order valence-corrected chi connectivity index (χ0v) is 17.1. The van der Waals surface area contributed by atoms with Crippen LogP contribution >= 0.6 is 11.3 Å². The van der Waals surface area contributed by atoms with Gasteiger partial charge in [-0.1, -0.05) is 24.3 Å². The van der Waals surface area contributed by atoms with Gasteiger partial charge in [0.2, 0.25) is 0 Å². The first-order chi connectivity index (χ1) is 14.1. The summed E-state index contributed by atoms with van der Waals surface area (Å²) in [5, 5.41) is 4.57. The number of piperidine rings is 1. The first-order valence-electron chi connectivity index (χ1n) is 9.46. The monoisotopic (exact) mass is 416 g/mol. The van der Waals surface area contributed by atoms with E-state index in [2.05, 4.69) is 5.32 Å². The summed E-state index contributed by atoms with van der Waals surface area (Å²) in [5.41, 5.74) is 0.838. The van der Waals surface area contributed by atoms with E-state index in [0.717, 1.165) is 12.0 Å². The summed E-state index contributed by atoms with van der Waals surface area (Å²) in [5.74, 6) is -0.614. The number of likely N-dealkylation sites (tertiary alicyclic amines) is 1. The second kappa shape index (κ2) is 10.1. The van der Waals surface area contributed by atoms with Crippen molar-refractivity contribution in [3.05, 3.63) is 52.2 Å². The van der Waals surface area contributed by atoms with E-state index in [9.17, 15) is 14.4 Å². The van der Waals surface area contributed by atoms with E-state index >= 15 is 0 Å². The minimum absolute atomic E-state index is 0.0629. The van der Waals surface area contributed by atoms with Crippen molar-refractivity contribution in [2.24, 2.45) is 5.92 Å². The first-order valence-corrected chi connectivity index (χ1v) is 10.3. The number of ether oxygens (including phenoxy) is 2. The fourth-order valence-corrected chi connectivity index (χ4v) is 3.95. The molecule has 0 saturated carbocycles. The minimum atomic E-state index is -0.443. The molecule has 1 saturated heterocycles. The highest BCUT2D eigenvalue weighted by Gasteiger charge is 2.30. The van der Waals surface area contributed by atoms with E-state index in [0.29, 0.717) is 30.1 Å². The molecule has 1 aromatic carbocycles. The average molecular weight is 416 g/mol. The van der Waals surface area contributed by atoms with Crippen LogP contribution in [0, 0.1) is 5.92 Å². The number of amides is 2. The lowest BCUT2D eigenvalue weighted by Gasteiger charge is -2.31. The molecule has 154 valence electrons. The smallest absolute Gasteiger partial charge is 0.311 e. The predicted octanol–water partition coefficient (Wildman–Crippen LogP) is 2.47. The lowest BCUT2D eigenvalue weighted by Crippen LogP contribution is -2.43. The molecule has 3 rings (SSSR count). The lowest BCUT2D eigenvalue weighted by molar-refractivity contribution is -0.154. The minimum Gasteiger partial charge on any atom is -0.496 e. The Balaban J connectivity index is 1.45. The average Bonchev–Trinajstić information content (AvgIpc) is 3.30. The van der Waals surface area contributed by atoms with Crippen LogP contribution in [0.1, 0.15) is 28.1 Å². The van der Waals surface area contributed by atoms with E-state index in [4.69, 9.17) is 9.47 Å². The van der Waals surface area contributed by atoms with Crippen LogP contribution in [0.2, 0.25) is 0 Å². The number of nitrogens with zero attached hydrogens (tertiary/aromatic N) is 1. The Labute approximate surface area is 173 Å². The zero-order valence-electron chi connectivity index (χ0n) is 16.3. The summed E-state index contributed by atoms with van der Waals surface area (Å²) in [6.07, 6.45) is 1.38. The molecule has 0 bridgehead atoms. The van der Waals surface area contributed by atoms with Crippen LogP contribution in [-0.4, -0.2) is 49.5 Å². The highest BCUT2D eigenvalue weighted by molar-refractivity contribution is 7.12. The molecule has 2 amide bonds. The molecule has 1 aromatic heterocycles. The first kappa shape index (κ1) is 20.9. The Hall–Kier alpha value is -2.87. The molecular weight excluding hydrogens is 392 g/mol. The third-order valence-corrected chi connectivity index (χ3v) is 5.65. The van der Waals surface area contributed by atoms with Gasteiger partial charge >= 0.3 is 5.97 Å². The van der Waals surface area contributed by atoms with Gasteiger partial charge in [-0.15, -0.1) is 11.3 Å². The van der Waals surface area contributed by atoms with Gasteiger partial charge in [0.15, 0.2) is 6.61 Å². The number of thiophene rings is 1. The van der Waals surface area contributed by atoms with Crippen molar-refractivity contribution in [2.45, 2.75) is 19.4 Å². The summed E-state index contributed by atoms with van der Waals surface area (Å²) < 4.78 is 10.4. The standard InChI is InChI=1S/C21H24N2O5S/c1-27-17-8-3-2-6-15(17)12-22-19(24)14-28-21(26)16-7-4-10-23(13-16)20(25)18-9-5-11-29-18/h2-3,5-6,8-9,11,16H,4,7,10,12-14H2,1H3,(H,22,24). The Bertz CT molecular complexity index is 853. The van der Waals surface area contributed by atoms with Crippen molar-refractivity contribution in [3.8, 4) is 5.75 Å². The van der Waals surface area contributed by atoms with Crippen LogP contribution in [0.5, 0.6) is 5.75 Å². The third kappa shape index (κ3) is 5.57. The summed E-state index contributed by atoms with van der Waals surface area (Å²) in [6, 6.07) is 11.0. The molecule has 1 atom stereocenters. The Kier molecular flexibility index (Phi) is 7.24. The number of benzene rings is 1. The van der Waals surface area contributed by atoms with E-state index in [-0.39, 0.29) is 25.0 Å². The quantitative estimate of drug-likeness (QED) is 0.701. The maximum atomic E-state index is 12.5. The number of nitrogens with one attached hydrogen (secondary N) is 1. The van der Waals surface area contributed by atoms with Crippen LogP contribution in [0.25, 0.3) is 0 Å². The zero-order chi connectivity index (χ0) is 20.6. The van der Waals surface area contributed by atoms with Gasteiger partial charge in [-0.05, 0) is 30.4 Å². The lowest BCUT2D eigenvalue weighted by atomic mass is 9.98. The fraction of sp³-hybridized carbons (Fsp3) is 0.381. The molecule has 1 N–H and O–H groups in total. The number of hydrogen-bond acceptors (Lipinski definition) is 6. The molecule has 7 nitrogen and oxygen atoms in total. The molecule has 0 aliphatic carbocycles. The second-order valence-electron chi connectivity index (χ2n) is 6.76. The normalized spacial score (nSPS) is 16.2. The van der Waals surface area contributed by atoms with E-state index in [1.54, 1.807) is 18.1 Å². The molecule has 1 fully saturated rings. The summed E-state index contributed by atoms with van der Waals surface area (Å²) in [4.78, 5) is 39.2. The van der Waals surface area contributed by atoms with Gasteiger partial charge < -0.3 is 19.7 Å². The van der Waals surface area contributed by atoms with Crippen molar-refractivity contribution in [2.75, 3.05) is 26.8 Å². The Morgan fingerprint density at radius 1 is 1.21 bits per heavy atom. The van der Waals surface area contributed by atoms with E-state index in [1.165, 1.54) is 11.3 Å². The SMILES string of the molecule is COc1ccccc1CNC(=O)COC(=O)C1CCCN(C(=O)c2cccs2)C1. The summed E-state index contributed by atoms with van der Waals surface area (Å²) in [7, 11) is 1.57. The number of carbonyl (C=O) groups is 3. The van der Waals surface area contributed by atoms with Crippen molar-refractivity contribution >= 4 is 29.1 Å². The van der Waals surface area contributed by atoms with Crippen LogP contribution in [0.4, 0.5) is 0 Å². The molecule has 0 spiro atoms. The van der Waals surface area contributed by atoms with Crippen molar-refractivity contribution < 1.29 is 23.9 Å². The van der Waals surface area contributed by atoms with E-state index < -0.39 is 11.9 Å². The Morgan fingerprint density at radius 2 is 2.03 bits per heavy atom. The van der Waals surface area contributed by atoms with Crippen molar-refractivity contribution in [1.82, 2.24) is 10.2 Å². The second-order valence-corrected chi connectivity index (χ2v) is 7.71. The van der Waals surface area contributed by atoms with Gasteiger partial charge in [0.05, 0.1) is 17.9 Å². The van der Waals surface area contributed by atoms with Crippen molar-refractivity contribution in [3.63, 3.8) is 0 Å². The predicted molar refractivity (Wildman–Crippen MR) is 109 cm³/mol. The van der Waals surface area contributed by atoms with Crippen LogP contribution in [0.3, 0.4) is 0 Å². The third-order valence-electron chi connectivity index (χ3n) is 4.79. The van der Waals surface area contributed by atoms with E-state index in [1.807, 2.05) is 35.7 Å². The Morgan fingerprint density at radius 3 is 2.79 bits per heavy atom. The molecule has 1 aliphatic heterocycles. The highest BCUT2D eigenvalue weighted by Crippen LogP contribution is 2.21. The number of hydrogen-bond donors (Lipinski definition) is 1. The molecule has 1 unspecified atom stereocenters. The number of rotatable bonds is 7. The fourth-order valence-electron chi connectivity index (χ4n) is 3.26. The molecule has 2 aromatic rings. The topological polar surface area (TPSA) is 84.9 Å². The molecule has 0 radical (unpaired) electrons. The van der Waals surface area contributed by atoms with Crippen LogP contribution in [0.15, 0.2) is 41.8 Å². The van der Waals surface area contributed by atoms with Gasteiger partial charge in [0, 0.05) is 25.2 Å². The van der Waals surface area contributed by atoms with Gasteiger partial charge in [-0.2, -0.15) is 0 Å². The number of methoxy groups -OCH3 is 1. The largest absolute Gasteiger partial charge is 0.496 e. The van der Waals surface area contributed by atoms with Gasteiger partial charge in [0.25, 0.3) is 11.8 Å². The van der Waals surface area contributed by atoms with Gasteiger partial charge in [-0.3, -0.25) is 14.4 Å². The molecule has 29 heavy (non-hydrogen) atoms. The number of para-hydroxylation sites is 1. The summed E-state index contributed by atoms with van der Waals surface area (Å²) >= 11 is 1.39. The van der Waals surface area contributed by atoms with Crippen LogP contribution in [-0.2, 0) is 20.9 Å². The summed E-state index contributed by atoms with van der Waals surface area (Å²) in [6.45, 7) is 0.884. The highest BCUT2D eigenvalue weighted by atomic mass is 32.1. The molecule has 1 aliphatic rings. The maximum absolute atomic E-state index is 12.5. The molecule has 8 heteroatoms. The molecule has 2 heterocycles. The maximum Gasteiger partial charge on any atom is 0.311 e.